The van der Waals surface area contributed by atoms with E-state index in [1.165, 1.54) is 0 Å². The zero-order valence-corrected chi connectivity index (χ0v) is 9.94. The van der Waals surface area contributed by atoms with E-state index in [-0.39, 0.29) is 9.36 Å². The molecule has 1 aromatic heterocycles. The molecule has 0 bridgehead atoms. The van der Waals surface area contributed by atoms with E-state index in [2.05, 4.69) is 15.9 Å². The number of rotatable bonds is 1. The maximum Gasteiger partial charge on any atom is 0.298 e. The highest BCUT2D eigenvalue weighted by Crippen LogP contribution is 2.42. The van der Waals surface area contributed by atoms with Crippen molar-refractivity contribution < 1.29 is 13.0 Å². The van der Waals surface area contributed by atoms with Gasteiger partial charge in [-0.25, -0.2) is 0 Å². The highest BCUT2D eigenvalue weighted by atomic mass is 79.9. The van der Waals surface area contributed by atoms with Gasteiger partial charge in [0.05, 0.1) is 8.81 Å². The molecule has 0 saturated heterocycles. The monoisotopic (exact) mass is 310 g/mol. The summed E-state index contributed by atoms with van der Waals surface area (Å²) in [6.45, 7) is 0. The Balaban J connectivity index is 3.54. The minimum atomic E-state index is -4.33. The van der Waals surface area contributed by atoms with E-state index in [0.29, 0.717) is 3.79 Å². The molecule has 0 amide bonds. The van der Waals surface area contributed by atoms with Gasteiger partial charge in [0.1, 0.15) is 9.23 Å². The molecular weight excluding hydrogens is 311 g/mol. The lowest BCUT2D eigenvalue weighted by Gasteiger charge is -1.92. The van der Waals surface area contributed by atoms with E-state index < -0.39 is 15.0 Å². The summed E-state index contributed by atoms with van der Waals surface area (Å²) < 4.78 is 30.3. The fourth-order valence-corrected chi connectivity index (χ4v) is 4.46. The van der Waals surface area contributed by atoms with E-state index in [1.54, 1.807) is 0 Å². The first-order chi connectivity index (χ1) is 5.34. The first kappa shape index (κ1) is 10.7. The summed E-state index contributed by atoms with van der Waals surface area (Å²) in [5.74, 6) is 0. The molecule has 0 fully saturated rings. The lowest BCUT2D eigenvalue weighted by molar-refractivity contribution is 0.483. The van der Waals surface area contributed by atoms with Gasteiger partial charge in [0.15, 0.2) is 0 Å². The fourth-order valence-electron chi connectivity index (χ4n) is 0.560. The van der Waals surface area contributed by atoms with Crippen molar-refractivity contribution in [1.29, 1.82) is 0 Å². The molecule has 68 valence electrons. The lowest BCUT2D eigenvalue weighted by Crippen LogP contribution is -1.96. The molecule has 0 aromatic carbocycles. The molecule has 0 atom stereocenters. The quantitative estimate of drug-likeness (QED) is 0.811. The summed E-state index contributed by atoms with van der Waals surface area (Å²) in [7, 11) is -4.33. The van der Waals surface area contributed by atoms with Crippen molar-refractivity contribution in [1.82, 2.24) is 0 Å². The summed E-state index contributed by atoms with van der Waals surface area (Å²) in [4.78, 5) is -0.442. The predicted octanol–water partition coefficient (Wildman–Crippen LogP) is 3.06. The van der Waals surface area contributed by atoms with Crippen molar-refractivity contribution in [3.05, 3.63) is 13.1 Å². The number of hydrogen-bond acceptors (Lipinski definition) is 3. The second-order valence-corrected chi connectivity index (χ2v) is 6.44. The van der Waals surface area contributed by atoms with Gasteiger partial charge in [-0.15, -0.1) is 11.3 Å². The van der Waals surface area contributed by atoms with Crippen LogP contribution in [-0.4, -0.2) is 13.0 Å². The highest BCUT2D eigenvalue weighted by molar-refractivity contribution is 9.11. The predicted molar refractivity (Wildman–Crippen MR) is 51.9 cm³/mol. The van der Waals surface area contributed by atoms with Crippen molar-refractivity contribution in [3.63, 3.8) is 0 Å². The first-order valence-corrected chi connectivity index (χ1v) is 6.25. The third-order valence-electron chi connectivity index (χ3n) is 0.988. The van der Waals surface area contributed by atoms with Gasteiger partial charge < -0.3 is 0 Å². The van der Waals surface area contributed by atoms with Crippen LogP contribution in [0.25, 0.3) is 0 Å². The van der Waals surface area contributed by atoms with Crippen LogP contribution in [0.5, 0.6) is 0 Å². The van der Waals surface area contributed by atoms with Crippen molar-refractivity contribution in [2.75, 3.05) is 0 Å². The Morgan fingerprint density at radius 2 is 1.92 bits per heavy atom. The average molecular weight is 312 g/mol. The van der Waals surface area contributed by atoms with Crippen molar-refractivity contribution in [3.8, 4) is 0 Å². The topological polar surface area (TPSA) is 54.4 Å². The molecule has 8 heteroatoms. The van der Waals surface area contributed by atoms with E-state index in [4.69, 9.17) is 27.8 Å². The maximum atomic E-state index is 10.7. The van der Waals surface area contributed by atoms with Crippen LogP contribution < -0.4 is 0 Å². The fraction of sp³-hybridized carbons (Fsp3) is 0. The van der Waals surface area contributed by atoms with Crippen LogP contribution in [0.3, 0.4) is 0 Å². The molecule has 1 rings (SSSR count). The van der Waals surface area contributed by atoms with Gasteiger partial charge in [-0.3, -0.25) is 4.55 Å². The van der Waals surface area contributed by atoms with E-state index >= 15 is 0 Å². The van der Waals surface area contributed by atoms with Crippen molar-refractivity contribution in [2.45, 2.75) is 4.90 Å². The smallest absolute Gasteiger partial charge is 0.282 e. The molecule has 0 radical (unpaired) electrons. The summed E-state index contributed by atoms with van der Waals surface area (Å²) in [6, 6.07) is 0. The van der Waals surface area contributed by atoms with Crippen LogP contribution in [0.1, 0.15) is 0 Å². The largest absolute Gasteiger partial charge is 0.298 e. The standard InChI is InChI=1S/C4HBrCl2O3S2/c5-3-1(6)2(4(7)11-3)12(8,9)10/h(H,8,9,10). The van der Waals surface area contributed by atoms with Gasteiger partial charge in [0.25, 0.3) is 10.1 Å². The number of hydrogen-bond donors (Lipinski definition) is 1. The maximum absolute atomic E-state index is 10.7. The highest BCUT2D eigenvalue weighted by Gasteiger charge is 2.23. The molecule has 1 N–H and O–H groups in total. The van der Waals surface area contributed by atoms with Crippen molar-refractivity contribution >= 4 is 60.6 Å². The van der Waals surface area contributed by atoms with Crippen LogP contribution in [0.15, 0.2) is 8.68 Å². The molecule has 12 heavy (non-hydrogen) atoms. The summed E-state index contributed by atoms with van der Waals surface area (Å²) in [5, 5.41) is -0.0903. The van der Waals surface area contributed by atoms with Crippen LogP contribution in [0, 0.1) is 0 Å². The molecule has 0 saturated carbocycles. The van der Waals surface area contributed by atoms with Gasteiger partial charge in [0.2, 0.25) is 0 Å². The second-order valence-electron chi connectivity index (χ2n) is 1.77. The minimum absolute atomic E-state index is 0.0608. The van der Waals surface area contributed by atoms with E-state index in [0.717, 1.165) is 11.3 Å². The zero-order valence-electron chi connectivity index (χ0n) is 5.21. The zero-order chi connectivity index (χ0) is 9.52. The van der Waals surface area contributed by atoms with Gasteiger partial charge >= 0.3 is 0 Å². The second kappa shape index (κ2) is 3.43. The minimum Gasteiger partial charge on any atom is -0.282 e. The van der Waals surface area contributed by atoms with Crippen molar-refractivity contribution in [2.24, 2.45) is 0 Å². The van der Waals surface area contributed by atoms with Gasteiger partial charge in [-0.05, 0) is 15.9 Å². The van der Waals surface area contributed by atoms with Gasteiger partial charge in [-0.1, -0.05) is 23.2 Å². The Morgan fingerprint density at radius 3 is 2.08 bits per heavy atom. The molecule has 0 aliphatic heterocycles. The van der Waals surface area contributed by atoms with Crippen LogP contribution in [0.4, 0.5) is 0 Å². The third-order valence-corrected chi connectivity index (χ3v) is 5.05. The van der Waals surface area contributed by atoms with Gasteiger partial charge in [-0.2, -0.15) is 8.42 Å². The molecule has 0 spiro atoms. The van der Waals surface area contributed by atoms with Crippen LogP contribution in [-0.2, 0) is 10.1 Å². The molecule has 0 aliphatic carbocycles. The van der Waals surface area contributed by atoms with Crippen LogP contribution in [0.2, 0.25) is 9.36 Å². The summed E-state index contributed by atoms with van der Waals surface area (Å²) in [5.41, 5.74) is 0. The first-order valence-electron chi connectivity index (χ1n) is 2.45. The molecule has 1 heterocycles. The normalized spacial score (nSPS) is 12.0. The Hall–Kier alpha value is 0.670. The summed E-state index contributed by atoms with van der Waals surface area (Å²) >= 11 is 15.0. The lowest BCUT2D eigenvalue weighted by atomic mass is 10.7. The SMILES string of the molecule is O=S(=O)(O)c1c(Cl)sc(Br)c1Cl. The summed E-state index contributed by atoms with van der Waals surface area (Å²) in [6.07, 6.45) is 0. The molecule has 3 nitrogen and oxygen atoms in total. The Labute approximate surface area is 91.2 Å². The number of thiophene rings is 1. The molecule has 0 unspecified atom stereocenters. The Kier molecular flexibility index (Phi) is 3.08. The van der Waals surface area contributed by atoms with E-state index in [9.17, 15) is 8.42 Å². The van der Waals surface area contributed by atoms with Crippen LogP contribution >= 0.6 is 50.5 Å². The molecule has 0 aliphatic rings. The molecular formula is C4HBrCl2O3S2. The molecule has 1 aromatic rings. The Morgan fingerprint density at radius 1 is 1.42 bits per heavy atom. The third kappa shape index (κ3) is 1.94. The number of halogens is 3. The average Bonchev–Trinajstić information content (AvgIpc) is 2.05. The van der Waals surface area contributed by atoms with E-state index in [1.807, 2.05) is 0 Å². The van der Waals surface area contributed by atoms with Gasteiger partial charge in [0, 0.05) is 0 Å². The Bertz CT molecular complexity index is 410.